The van der Waals surface area contributed by atoms with Crippen molar-refractivity contribution in [2.45, 2.75) is 56.8 Å². The lowest BCUT2D eigenvalue weighted by Crippen LogP contribution is -2.90. The molecule has 2 aliphatic heterocycles. The van der Waals surface area contributed by atoms with Gasteiger partial charge in [0.1, 0.15) is 11.5 Å². The largest absolute Gasteiger partial charge is 0.387 e. The fraction of sp³-hybridized carbons (Fsp3) is 0.810. The fourth-order valence-electron chi connectivity index (χ4n) is 8.67. The zero-order valence-electron chi connectivity index (χ0n) is 15.8. The second-order valence-electron chi connectivity index (χ2n) is 10.5. The number of aliphatic hydroxyl groups is 2. The summed E-state index contributed by atoms with van der Waals surface area (Å²) < 4.78 is 5.94. The van der Waals surface area contributed by atoms with Gasteiger partial charge in [0.15, 0.2) is 11.6 Å². The van der Waals surface area contributed by atoms with Crippen LogP contribution in [0.5, 0.6) is 0 Å². The fourth-order valence-corrected chi connectivity index (χ4v) is 9.93. The van der Waals surface area contributed by atoms with Crippen molar-refractivity contribution in [3.8, 4) is 0 Å². The number of fused-ring (bicyclic) bond motifs is 1. The van der Waals surface area contributed by atoms with Crippen LogP contribution in [0.3, 0.4) is 0 Å². The van der Waals surface area contributed by atoms with Gasteiger partial charge in [-0.1, -0.05) is 35.4 Å². The Morgan fingerprint density at radius 2 is 1.93 bits per heavy atom. The molecule has 5 nitrogen and oxygen atoms in total. The van der Waals surface area contributed by atoms with E-state index in [1.807, 2.05) is 6.92 Å². The third kappa shape index (κ3) is 1.36. The van der Waals surface area contributed by atoms with Crippen molar-refractivity contribution in [1.82, 2.24) is 0 Å². The molecule has 0 radical (unpaired) electrons. The Bertz CT molecular complexity index is 863. The molecule has 5 aliphatic carbocycles. The van der Waals surface area contributed by atoms with Crippen LogP contribution in [0.1, 0.15) is 40.0 Å². The third-order valence-electron chi connectivity index (χ3n) is 9.43. The van der Waals surface area contributed by atoms with E-state index < -0.39 is 28.6 Å². The highest BCUT2D eigenvalue weighted by Crippen LogP contribution is 2.82. The molecule has 2 saturated heterocycles. The van der Waals surface area contributed by atoms with Gasteiger partial charge < -0.3 is 14.9 Å². The number of ether oxygens (including phenoxy) is 1. The Balaban J connectivity index is 1.64. The summed E-state index contributed by atoms with van der Waals surface area (Å²) in [4.78, 5) is 26.7. The van der Waals surface area contributed by atoms with Crippen LogP contribution in [0.4, 0.5) is 0 Å². The molecule has 2 spiro atoms. The number of hydrogen-bond acceptors (Lipinski definition) is 5. The van der Waals surface area contributed by atoms with Crippen molar-refractivity contribution in [2.24, 2.45) is 39.9 Å². The van der Waals surface area contributed by atoms with Crippen LogP contribution in [0.25, 0.3) is 0 Å². The smallest absolute Gasteiger partial charge is 0.206 e. The Morgan fingerprint density at radius 3 is 2.63 bits per heavy atom. The Hall–Kier alpha value is -0.560. The first-order valence-electron chi connectivity index (χ1n) is 10.0. The number of ketones is 2. The molecule has 0 aromatic heterocycles. The molecule has 2 bridgehead atoms. The van der Waals surface area contributed by atoms with Crippen LogP contribution in [-0.4, -0.2) is 45.1 Å². The summed E-state index contributed by atoms with van der Waals surface area (Å²) in [6, 6.07) is 0. The summed E-state index contributed by atoms with van der Waals surface area (Å²) in [5.74, 6) is -2.36. The molecule has 0 amide bonds. The molecule has 146 valence electrons. The van der Waals surface area contributed by atoms with Gasteiger partial charge >= 0.3 is 0 Å². The average Bonchev–Trinajstić information content (AvgIpc) is 2.58. The first kappa shape index (κ1) is 17.3. The number of allylic oxidation sites excluding steroid dienone is 2. The van der Waals surface area contributed by atoms with E-state index in [0.717, 1.165) is 24.0 Å². The summed E-state index contributed by atoms with van der Waals surface area (Å²) in [7, 11) is 0. The summed E-state index contributed by atoms with van der Waals surface area (Å²) in [6.45, 7) is 6.24. The molecule has 9 atom stereocenters. The van der Waals surface area contributed by atoms with Crippen LogP contribution in [0, 0.1) is 39.9 Å². The molecule has 7 aliphatic rings. The molecule has 9 unspecified atom stereocenters. The minimum atomic E-state index is -1.88. The van der Waals surface area contributed by atoms with E-state index in [1.54, 1.807) is 0 Å². The normalized spacial score (nSPS) is 59.5. The summed E-state index contributed by atoms with van der Waals surface area (Å²) in [5, 5.41) is 23.2. The molecule has 6 fully saturated rings. The molecule has 27 heavy (non-hydrogen) atoms. The van der Waals surface area contributed by atoms with Crippen LogP contribution < -0.4 is 0 Å². The van der Waals surface area contributed by atoms with Crippen LogP contribution in [-0.2, 0) is 14.3 Å². The average molecular weight is 437 g/mol. The van der Waals surface area contributed by atoms with Crippen LogP contribution in [0.15, 0.2) is 11.1 Å². The predicted octanol–water partition coefficient (Wildman–Crippen LogP) is 1.99. The number of carbonyl (C=O) groups excluding carboxylic acids is 2. The molecular formula is C21H25BrO5. The number of hydrogen-bond donors (Lipinski definition) is 2. The SMILES string of the molecule is CC1=C2C(=O)C34C2C1CCC3C12COC4(O)C(O)C1C(C)(C)CC(Br)C2=O. The van der Waals surface area contributed by atoms with E-state index in [0.29, 0.717) is 6.42 Å². The maximum atomic E-state index is 13.6. The van der Waals surface area contributed by atoms with Crippen molar-refractivity contribution >= 4 is 27.5 Å². The molecular weight excluding hydrogens is 412 g/mol. The van der Waals surface area contributed by atoms with Gasteiger partial charge in [-0.05, 0) is 43.4 Å². The van der Waals surface area contributed by atoms with Gasteiger partial charge in [-0.2, -0.15) is 0 Å². The Morgan fingerprint density at radius 1 is 1.22 bits per heavy atom. The number of halogens is 1. The molecule has 0 aromatic rings. The monoisotopic (exact) mass is 436 g/mol. The molecule has 2 heterocycles. The molecule has 4 saturated carbocycles. The third-order valence-corrected chi connectivity index (χ3v) is 10.2. The predicted molar refractivity (Wildman–Crippen MR) is 98.8 cm³/mol. The van der Waals surface area contributed by atoms with Gasteiger partial charge in [0, 0.05) is 17.4 Å². The lowest BCUT2D eigenvalue weighted by Gasteiger charge is -2.80. The number of Topliss-reactive ketones (excluding diaryl/α,β-unsaturated/α-hetero) is 2. The van der Waals surface area contributed by atoms with Gasteiger partial charge in [0.05, 0.1) is 16.8 Å². The minimum Gasteiger partial charge on any atom is -0.387 e. The maximum absolute atomic E-state index is 13.6. The van der Waals surface area contributed by atoms with E-state index in [2.05, 4.69) is 29.8 Å². The lowest BCUT2D eigenvalue weighted by atomic mass is 9.25. The topological polar surface area (TPSA) is 83.8 Å². The number of aliphatic hydroxyl groups excluding tert-OH is 1. The zero-order valence-corrected chi connectivity index (χ0v) is 17.4. The lowest BCUT2D eigenvalue weighted by molar-refractivity contribution is -0.443. The highest BCUT2D eigenvalue weighted by atomic mass is 79.9. The highest BCUT2D eigenvalue weighted by Gasteiger charge is 2.90. The van der Waals surface area contributed by atoms with Gasteiger partial charge in [-0.25, -0.2) is 0 Å². The van der Waals surface area contributed by atoms with E-state index in [-0.39, 0.29) is 46.2 Å². The van der Waals surface area contributed by atoms with E-state index >= 15 is 0 Å². The van der Waals surface area contributed by atoms with Crippen LogP contribution in [0.2, 0.25) is 0 Å². The van der Waals surface area contributed by atoms with Crippen molar-refractivity contribution in [3.63, 3.8) is 0 Å². The van der Waals surface area contributed by atoms with Crippen molar-refractivity contribution in [2.75, 3.05) is 6.61 Å². The van der Waals surface area contributed by atoms with Crippen LogP contribution >= 0.6 is 15.9 Å². The maximum Gasteiger partial charge on any atom is 0.206 e. The molecule has 0 aromatic carbocycles. The molecule has 6 heteroatoms. The number of rotatable bonds is 0. The van der Waals surface area contributed by atoms with Gasteiger partial charge in [0.2, 0.25) is 5.79 Å². The van der Waals surface area contributed by atoms with E-state index in [1.165, 1.54) is 0 Å². The Kier molecular flexibility index (Phi) is 2.85. The first-order valence-corrected chi connectivity index (χ1v) is 11.0. The van der Waals surface area contributed by atoms with Gasteiger partial charge in [-0.3, -0.25) is 9.59 Å². The Labute approximate surface area is 166 Å². The van der Waals surface area contributed by atoms with Crippen molar-refractivity contribution in [3.05, 3.63) is 11.1 Å². The van der Waals surface area contributed by atoms with Crippen molar-refractivity contribution < 1.29 is 24.5 Å². The standard InChI is InChI=1S/C21H25BrO5/c1-8-9-4-5-11-19-7-27-21(26,20(11)13(9)12(8)16(20)24)17(25)14(19)18(2,3)6-10(22)15(19)23/h9-11,13-14,17,25-26H,4-7H2,1-3H3. The number of alkyl halides is 1. The molecule has 7 rings (SSSR count). The number of carbonyl (C=O) groups is 2. The summed E-state index contributed by atoms with van der Waals surface area (Å²) >= 11 is 3.59. The van der Waals surface area contributed by atoms with E-state index in [9.17, 15) is 19.8 Å². The highest BCUT2D eigenvalue weighted by molar-refractivity contribution is 9.10. The summed E-state index contributed by atoms with van der Waals surface area (Å²) in [5.41, 5.74) is -0.438. The molecule has 2 N–H and O–H groups in total. The second-order valence-corrected chi connectivity index (χ2v) is 11.6. The second kappa shape index (κ2) is 4.45. The van der Waals surface area contributed by atoms with E-state index in [4.69, 9.17) is 4.74 Å². The quantitative estimate of drug-likeness (QED) is 0.567. The van der Waals surface area contributed by atoms with Crippen molar-refractivity contribution in [1.29, 1.82) is 0 Å². The zero-order chi connectivity index (χ0) is 19.3. The summed E-state index contributed by atoms with van der Waals surface area (Å²) in [6.07, 6.45) is 1.05. The van der Waals surface area contributed by atoms with Gasteiger partial charge in [0.25, 0.3) is 0 Å². The minimum absolute atomic E-state index is 0.0525. The van der Waals surface area contributed by atoms with Gasteiger partial charge in [-0.15, -0.1) is 0 Å². The first-order chi connectivity index (χ1) is 12.6.